The zero-order valence-electron chi connectivity index (χ0n) is 6.66. The summed E-state index contributed by atoms with van der Waals surface area (Å²) in [6.45, 7) is 3.46. The van der Waals surface area contributed by atoms with Gasteiger partial charge in [-0.25, -0.2) is 9.97 Å². The second kappa shape index (κ2) is 3.23. The van der Waals surface area contributed by atoms with E-state index < -0.39 is 0 Å². The highest BCUT2D eigenvalue weighted by Gasteiger charge is 2.01. The minimum absolute atomic E-state index is 0.0831. The number of hydrogen-bond acceptors (Lipinski definition) is 3. The van der Waals surface area contributed by atoms with Gasteiger partial charge in [-0.15, -0.1) is 0 Å². The van der Waals surface area contributed by atoms with E-state index in [9.17, 15) is 4.79 Å². The van der Waals surface area contributed by atoms with Gasteiger partial charge in [-0.1, -0.05) is 6.92 Å². The van der Waals surface area contributed by atoms with E-state index in [1.54, 1.807) is 6.20 Å². The topological polar surface area (TPSA) is 42.9 Å². The number of ketones is 1. The van der Waals surface area contributed by atoms with Gasteiger partial charge >= 0.3 is 0 Å². The molecule has 0 bridgehead atoms. The summed E-state index contributed by atoms with van der Waals surface area (Å²) in [5.41, 5.74) is 0.908. The molecule has 0 aliphatic rings. The normalized spacial score (nSPS) is 9.64. The summed E-state index contributed by atoms with van der Waals surface area (Å²) in [5.74, 6) is 0.227. The molecular formula is C8H10N2O. The number of aryl methyl sites for hydroxylation is 1. The minimum atomic E-state index is -0.0831. The van der Waals surface area contributed by atoms with Crippen LogP contribution >= 0.6 is 0 Å². The Morgan fingerprint density at radius 2 is 2.36 bits per heavy atom. The number of rotatable bonds is 2. The SMILES string of the molecule is CCc1ccnc(C(C)=O)n1. The van der Waals surface area contributed by atoms with Crippen LogP contribution in [0.2, 0.25) is 0 Å². The second-order valence-corrected chi connectivity index (χ2v) is 2.28. The Morgan fingerprint density at radius 1 is 1.64 bits per heavy atom. The second-order valence-electron chi connectivity index (χ2n) is 2.28. The lowest BCUT2D eigenvalue weighted by molar-refractivity contribution is 0.100. The summed E-state index contributed by atoms with van der Waals surface area (Å²) >= 11 is 0. The maximum Gasteiger partial charge on any atom is 0.196 e. The van der Waals surface area contributed by atoms with Crippen LogP contribution in [0.4, 0.5) is 0 Å². The molecule has 0 aliphatic heterocycles. The molecule has 1 rings (SSSR count). The Kier molecular flexibility index (Phi) is 2.31. The van der Waals surface area contributed by atoms with Gasteiger partial charge in [-0.3, -0.25) is 4.79 Å². The molecule has 1 aromatic rings. The fourth-order valence-electron chi connectivity index (χ4n) is 0.763. The fourth-order valence-corrected chi connectivity index (χ4v) is 0.763. The first kappa shape index (κ1) is 7.85. The monoisotopic (exact) mass is 150 g/mol. The quantitative estimate of drug-likeness (QED) is 0.596. The Bertz CT molecular complexity index is 271. The molecule has 0 amide bonds. The maximum atomic E-state index is 10.8. The van der Waals surface area contributed by atoms with Crippen molar-refractivity contribution in [2.75, 3.05) is 0 Å². The van der Waals surface area contributed by atoms with Gasteiger partial charge in [0.15, 0.2) is 11.6 Å². The van der Waals surface area contributed by atoms with Gasteiger partial charge in [0.05, 0.1) is 0 Å². The Balaban J connectivity index is 3.01. The summed E-state index contributed by atoms with van der Waals surface area (Å²) in [6.07, 6.45) is 2.45. The van der Waals surface area contributed by atoms with Crippen molar-refractivity contribution in [3.8, 4) is 0 Å². The predicted octanol–water partition coefficient (Wildman–Crippen LogP) is 1.24. The van der Waals surface area contributed by atoms with Crippen LogP contribution in [-0.2, 0) is 6.42 Å². The van der Waals surface area contributed by atoms with Crippen molar-refractivity contribution in [1.82, 2.24) is 9.97 Å². The van der Waals surface area contributed by atoms with Gasteiger partial charge in [0.25, 0.3) is 0 Å². The zero-order valence-corrected chi connectivity index (χ0v) is 6.66. The van der Waals surface area contributed by atoms with Crippen molar-refractivity contribution in [2.24, 2.45) is 0 Å². The number of carbonyl (C=O) groups is 1. The van der Waals surface area contributed by atoms with E-state index >= 15 is 0 Å². The molecule has 0 radical (unpaired) electrons. The molecule has 1 aromatic heterocycles. The summed E-state index contributed by atoms with van der Waals surface area (Å²) in [7, 11) is 0. The fraction of sp³-hybridized carbons (Fsp3) is 0.375. The van der Waals surface area contributed by atoms with Crippen molar-refractivity contribution in [2.45, 2.75) is 20.3 Å². The van der Waals surface area contributed by atoms with Crippen LogP contribution in [-0.4, -0.2) is 15.8 Å². The van der Waals surface area contributed by atoms with Crippen molar-refractivity contribution in [1.29, 1.82) is 0 Å². The van der Waals surface area contributed by atoms with Crippen LogP contribution in [0.25, 0.3) is 0 Å². The molecule has 58 valence electrons. The lowest BCUT2D eigenvalue weighted by atomic mass is 10.3. The number of aromatic nitrogens is 2. The maximum absolute atomic E-state index is 10.8. The molecule has 3 nitrogen and oxygen atoms in total. The van der Waals surface area contributed by atoms with E-state index in [4.69, 9.17) is 0 Å². The first-order chi connectivity index (χ1) is 5.24. The lowest BCUT2D eigenvalue weighted by Gasteiger charge is -1.96. The van der Waals surface area contributed by atoms with Gasteiger partial charge < -0.3 is 0 Å². The van der Waals surface area contributed by atoms with Gasteiger partial charge in [-0.2, -0.15) is 0 Å². The highest BCUT2D eigenvalue weighted by molar-refractivity contribution is 5.90. The van der Waals surface area contributed by atoms with Gasteiger partial charge in [0.1, 0.15) is 0 Å². The average molecular weight is 150 g/mol. The molecule has 0 unspecified atom stereocenters. The summed E-state index contributed by atoms with van der Waals surface area (Å²) in [4.78, 5) is 18.6. The summed E-state index contributed by atoms with van der Waals surface area (Å²) in [5, 5.41) is 0. The number of nitrogens with zero attached hydrogens (tertiary/aromatic N) is 2. The molecule has 3 heteroatoms. The van der Waals surface area contributed by atoms with Crippen LogP contribution in [0.15, 0.2) is 12.3 Å². The average Bonchev–Trinajstić information content (AvgIpc) is 2.05. The van der Waals surface area contributed by atoms with Crippen LogP contribution < -0.4 is 0 Å². The first-order valence-corrected chi connectivity index (χ1v) is 3.57. The van der Waals surface area contributed by atoms with E-state index in [-0.39, 0.29) is 5.78 Å². The van der Waals surface area contributed by atoms with Crippen molar-refractivity contribution in [3.05, 3.63) is 23.8 Å². The molecule has 11 heavy (non-hydrogen) atoms. The van der Waals surface area contributed by atoms with E-state index in [0.717, 1.165) is 12.1 Å². The molecule has 0 atom stereocenters. The molecule has 0 N–H and O–H groups in total. The Hall–Kier alpha value is -1.25. The third-order valence-electron chi connectivity index (χ3n) is 1.39. The van der Waals surface area contributed by atoms with E-state index in [2.05, 4.69) is 9.97 Å². The van der Waals surface area contributed by atoms with Gasteiger partial charge in [0, 0.05) is 18.8 Å². The van der Waals surface area contributed by atoms with Crippen molar-refractivity contribution >= 4 is 5.78 Å². The van der Waals surface area contributed by atoms with Crippen molar-refractivity contribution < 1.29 is 4.79 Å². The van der Waals surface area contributed by atoms with Gasteiger partial charge in [0.2, 0.25) is 0 Å². The third-order valence-corrected chi connectivity index (χ3v) is 1.39. The first-order valence-electron chi connectivity index (χ1n) is 3.57. The standard InChI is InChI=1S/C8H10N2O/c1-3-7-4-5-9-8(10-7)6(2)11/h4-5H,3H2,1-2H3. The van der Waals surface area contributed by atoms with Crippen molar-refractivity contribution in [3.63, 3.8) is 0 Å². The highest BCUT2D eigenvalue weighted by Crippen LogP contribution is 1.96. The van der Waals surface area contributed by atoms with Gasteiger partial charge in [-0.05, 0) is 12.5 Å². The highest BCUT2D eigenvalue weighted by atomic mass is 16.1. The minimum Gasteiger partial charge on any atom is -0.291 e. The van der Waals surface area contributed by atoms with E-state index in [1.807, 2.05) is 13.0 Å². The third kappa shape index (κ3) is 1.83. The van der Waals surface area contributed by atoms with E-state index in [1.165, 1.54) is 6.92 Å². The molecule has 0 spiro atoms. The number of Topliss-reactive ketones (excluding diaryl/α,β-unsaturated/α-hetero) is 1. The zero-order chi connectivity index (χ0) is 8.27. The Labute approximate surface area is 65.5 Å². The molecule has 1 heterocycles. The Morgan fingerprint density at radius 3 is 2.91 bits per heavy atom. The number of carbonyl (C=O) groups excluding carboxylic acids is 1. The van der Waals surface area contributed by atoms with Crippen LogP contribution in [0.3, 0.4) is 0 Å². The molecule has 0 saturated carbocycles. The lowest BCUT2D eigenvalue weighted by Crippen LogP contribution is -2.02. The molecular weight excluding hydrogens is 140 g/mol. The van der Waals surface area contributed by atoms with E-state index in [0.29, 0.717) is 5.82 Å². The summed E-state index contributed by atoms with van der Waals surface area (Å²) in [6, 6.07) is 1.81. The van der Waals surface area contributed by atoms with Crippen LogP contribution in [0, 0.1) is 0 Å². The molecule has 0 fully saturated rings. The smallest absolute Gasteiger partial charge is 0.196 e. The number of hydrogen-bond donors (Lipinski definition) is 0. The van der Waals surface area contributed by atoms with Crippen LogP contribution in [0.1, 0.15) is 30.2 Å². The molecule has 0 aromatic carbocycles. The summed E-state index contributed by atoms with van der Waals surface area (Å²) < 4.78 is 0. The predicted molar refractivity (Wildman–Crippen MR) is 41.4 cm³/mol. The molecule has 0 saturated heterocycles. The van der Waals surface area contributed by atoms with Crippen LogP contribution in [0.5, 0.6) is 0 Å². The molecule has 0 aliphatic carbocycles. The largest absolute Gasteiger partial charge is 0.291 e.